The summed E-state index contributed by atoms with van der Waals surface area (Å²) < 4.78 is 5.63. The summed E-state index contributed by atoms with van der Waals surface area (Å²) in [4.78, 5) is 0. The summed E-state index contributed by atoms with van der Waals surface area (Å²) in [5, 5.41) is 1.22. The third kappa shape index (κ3) is 3.45. The van der Waals surface area contributed by atoms with Crippen LogP contribution >= 0.6 is 23.2 Å². The van der Waals surface area contributed by atoms with Crippen LogP contribution in [0.5, 0.6) is 0 Å². The van der Waals surface area contributed by atoms with E-state index in [9.17, 15) is 0 Å². The number of aryl methyl sites for hydroxylation is 2. The van der Waals surface area contributed by atoms with Gasteiger partial charge in [-0.05, 0) is 62.4 Å². The third-order valence-electron chi connectivity index (χ3n) is 5.18. The molecule has 1 saturated carbocycles. The van der Waals surface area contributed by atoms with Crippen LogP contribution in [0.15, 0.2) is 34.7 Å². The van der Waals surface area contributed by atoms with Gasteiger partial charge in [-0.15, -0.1) is 0 Å². The largest absolute Gasteiger partial charge is 0.466 e. The number of nitrogens with two attached hydrogens (primary N) is 1. The second-order valence-electron chi connectivity index (χ2n) is 6.65. The van der Waals surface area contributed by atoms with E-state index >= 15 is 0 Å². The van der Waals surface area contributed by atoms with Crippen LogP contribution in [-0.4, -0.2) is 6.04 Å². The fourth-order valence-corrected chi connectivity index (χ4v) is 3.93. The predicted molar refractivity (Wildman–Crippen MR) is 96.3 cm³/mol. The summed E-state index contributed by atoms with van der Waals surface area (Å²) >= 11 is 12.3. The zero-order valence-electron chi connectivity index (χ0n) is 13.4. The Hall–Kier alpha value is -0.960. The molecule has 2 nitrogen and oxygen atoms in total. The zero-order valence-corrected chi connectivity index (χ0v) is 15.0. The first-order valence-electron chi connectivity index (χ1n) is 8.28. The predicted octanol–water partition coefficient (Wildman–Crippen LogP) is 5.67. The van der Waals surface area contributed by atoms with E-state index < -0.39 is 0 Å². The lowest BCUT2D eigenvalue weighted by molar-refractivity contribution is 0.186. The van der Waals surface area contributed by atoms with E-state index in [4.69, 9.17) is 33.4 Å². The molecular weight excluding hydrogens is 329 g/mol. The average molecular weight is 352 g/mol. The fourth-order valence-electron chi connectivity index (χ4n) is 3.63. The van der Waals surface area contributed by atoms with E-state index in [0.29, 0.717) is 10.0 Å². The number of hydrogen-bond donors (Lipinski definition) is 1. The summed E-state index contributed by atoms with van der Waals surface area (Å²) in [6.07, 6.45) is 6.46. The number of furan rings is 1. The first-order chi connectivity index (χ1) is 11.0. The van der Waals surface area contributed by atoms with Crippen LogP contribution in [0.1, 0.15) is 49.2 Å². The van der Waals surface area contributed by atoms with Crippen molar-refractivity contribution < 1.29 is 4.42 Å². The minimum atomic E-state index is 0.0628. The van der Waals surface area contributed by atoms with Crippen LogP contribution in [-0.2, 0) is 11.8 Å². The molecule has 124 valence electrons. The molecule has 0 radical (unpaired) electrons. The molecule has 1 aliphatic rings. The van der Waals surface area contributed by atoms with Crippen LogP contribution in [0.2, 0.25) is 10.0 Å². The van der Waals surface area contributed by atoms with Crippen molar-refractivity contribution in [3.63, 3.8) is 0 Å². The van der Waals surface area contributed by atoms with Gasteiger partial charge in [0.25, 0.3) is 0 Å². The molecule has 0 bridgehead atoms. The first-order valence-corrected chi connectivity index (χ1v) is 9.03. The van der Waals surface area contributed by atoms with E-state index in [0.717, 1.165) is 43.6 Å². The summed E-state index contributed by atoms with van der Waals surface area (Å²) in [5.74, 6) is 2.02. The molecule has 1 aliphatic carbocycles. The molecule has 1 heterocycles. The summed E-state index contributed by atoms with van der Waals surface area (Å²) in [6.45, 7) is 1.98. The normalized spacial score (nSPS) is 17.7. The van der Waals surface area contributed by atoms with Crippen molar-refractivity contribution >= 4 is 23.2 Å². The molecule has 1 unspecified atom stereocenters. The van der Waals surface area contributed by atoms with Gasteiger partial charge in [-0.1, -0.05) is 35.7 Å². The number of rotatable bonds is 6. The van der Waals surface area contributed by atoms with Crippen LogP contribution in [0, 0.1) is 6.92 Å². The maximum atomic E-state index is 6.60. The molecule has 23 heavy (non-hydrogen) atoms. The Morgan fingerprint density at radius 3 is 2.52 bits per heavy atom. The second-order valence-corrected chi connectivity index (χ2v) is 7.46. The van der Waals surface area contributed by atoms with Crippen molar-refractivity contribution in [2.24, 2.45) is 5.73 Å². The van der Waals surface area contributed by atoms with Crippen LogP contribution < -0.4 is 5.73 Å². The highest BCUT2D eigenvalue weighted by Gasteiger charge is 2.43. The summed E-state index contributed by atoms with van der Waals surface area (Å²) in [6, 6.07) is 10.2. The Morgan fingerprint density at radius 1 is 1.17 bits per heavy atom. The van der Waals surface area contributed by atoms with Gasteiger partial charge in [0.05, 0.1) is 10.0 Å². The topological polar surface area (TPSA) is 39.2 Å². The molecule has 0 spiro atoms. The van der Waals surface area contributed by atoms with E-state index in [1.165, 1.54) is 12.0 Å². The highest BCUT2D eigenvalue weighted by atomic mass is 35.5. The maximum absolute atomic E-state index is 6.60. The van der Waals surface area contributed by atoms with Crippen molar-refractivity contribution in [2.45, 2.75) is 56.9 Å². The Morgan fingerprint density at radius 2 is 1.96 bits per heavy atom. The molecule has 0 amide bonds. The molecule has 2 N–H and O–H groups in total. The third-order valence-corrected chi connectivity index (χ3v) is 5.92. The molecule has 1 aromatic carbocycles. The monoisotopic (exact) mass is 351 g/mol. The van der Waals surface area contributed by atoms with Crippen LogP contribution in [0.3, 0.4) is 0 Å². The van der Waals surface area contributed by atoms with Gasteiger partial charge in [-0.25, -0.2) is 0 Å². The lowest BCUT2D eigenvalue weighted by atomic mass is 9.59. The van der Waals surface area contributed by atoms with Gasteiger partial charge < -0.3 is 10.2 Å². The van der Waals surface area contributed by atoms with Gasteiger partial charge in [0.2, 0.25) is 0 Å². The number of halogens is 2. The molecule has 3 rings (SSSR count). The quantitative estimate of drug-likeness (QED) is 0.728. The Kier molecular flexibility index (Phi) is 5.05. The summed E-state index contributed by atoms with van der Waals surface area (Å²) in [5.41, 5.74) is 7.90. The fraction of sp³-hybridized carbons (Fsp3) is 0.474. The zero-order chi connectivity index (χ0) is 16.4. The molecular formula is C19H23Cl2NO. The molecule has 4 heteroatoms. The van der Waals surface area contributed by atoms with Crippen molar-refractivity contribution in [1.82, 2.24) is 0 Å². The van der Waals surface area contributed by atoms with E-state index in [1.54, 1.807) is 0 Å². The summed E-state index contributed by atoms with van der Waals surface area (Å²) in [7, 11) is 0. The van der Waals surface area contributed by atoms with Gasteiger partial charge >= 0.3 is 0 Å². The number of hydrogen-bond acceptors (Lipinski definition) is 2. The van der Waals surface area contributed by atoms with Gasteiger partial charge in [-0.3, -0.25) is 0 Å². The van der Waals surface area contributed by atoms with Gasteiger partial charge in [-0.2, -0.15) is 0 Å². The highest BCUT2D eigenvalue weighted by molar-refractivity contribution is 6.42. The lowest BCUT2D eigenvalue weighted by Crippen LogP contribution is -2.50. The van der Waals surface area contributed by atoms with Crippen molar-refractivity contribution in [3.8, 4) is 0 Å². The minimum Gasteiger partial charge on any atom is -0.466 e. The Labute approximate surface area is 148 Å². The average Bonchev–Trinajstić information content (AvgIpc) is 2.87. The second kappa shape index (κ2) is 6.88. The Bertz CT molecular complexity index is 676. The number of benzene rings is 1. The van der Waals surface area contributed by atoms with Crippen molar-refractivity contribution in [2.75, 3.05) is 0 Å². The van der Waals surface area contributed by atoms with E-state index in [-0.39, 0.29) is 11.5 Å². The lowest BCUT2D eigenvalue weighted by Gasteiger charge is -2.47. The SMILES string of the molecule is Cc1ccc(CCCC(N)C2(c3ccc(Cl)c(Cl)c3)CCC2)o1. The van der Waals surface area contributed by atoms with E-state index in [1.807, 2.05) is 25.1 Å². The maximum Gasteiger partial charge on any atom is 0.104 e. The van der Waals surface area contributed by atoms with E-state index in [2.05, 4.69) is 12.1 Å². The standard InChI is InChI=1S/C19H23Cl2NO/c1-13-6-8-15(23-13)4-2-5-18(22)19(10-3-11-19)14-7-9-16(20)17(21)12-14/h6-9,12,18H,2-5,10-11,22H2,1H3. The molecule has 1 aromatic heterocycles. The van der Waals surface area contributed by atoms with Gasteiger partial charge in [0.15, 0.2) is 0 Å². The van der Waals surface area contributed by atoms with Crippen molar-refractivity contribution in [3.05, 3.63) is 57.5 Å². The van der Waals surface area contributed by atoms with Crippen molar-refractivity contribution in [1.29, 1.82) is 0 Å². The van der Waals surface area contributed by atoms with Crippen LogP contribution in [0.4, 0.5) is 0 Å². The molecule has 1 atom stereocenters. The minimum absolute atomic E-state index is 0.0628. The molecule has 0 aliphatic heterocycles. The highest BCUT2D eigenvalue weighted by Crippen LogP contribution is 2.48. The molecule has 1 fully saturated rings. The Balaban J connectivity index is 1.65. The van der Waals surface area contributed by atoms with Gasteiger partial charge in [0, 0.05) is 17.9 Å². The molecule has 2 aromatic rings. The smallest absolute Gasteiger partial charge is 0.104 e. The first kappa shape index (κ1) is 16.9. The molecule has 0 saturated heterocycles. The van der Waals surface area contributed by atoms with Gasteiger partial charge in [0.1, 0.15) is 11.5 Å². The van der Waals surface area contributed by atoms with Crippen LogP contribution in [0.25, 0.3) is 0 Å².